The number of Topliss-reactive ketones (excluding diaryl/α,β-unsaturated/α-hetero) is 1. The number of ketones is 1. The third-order valence-electron chi connectivity index (χ3n) is 2.05. The average Bonchev–Trinajstić information content (AvgIpc) is 2.27. The molecule has 4 nitrogen and oxygen atoms in total. The van der Waals surface area contributed by atoms with Gasteiger partial charge in [0.1, 0.15) is 13.2 Å². The highest BCUT2D eigenvalue weighted by atomic mass is 16.6. The van der Waals surface area contributed by atoms with Gasteiger partial charge in [0, 0.05) is 0 Å². The van der Waals surface area contributed by atoms with Crippen molar-refractivity contribution < 1.29 is 14.3 Å². The Morgan fingerprint density at radius 3 is 2.93 bits per heavy atom. The fourth-order valence-corrected chi connectivity index (χ4v) is 1.40. The normalized spacial score (nSPS) is 13.8. The Morgan fingerprint density at radius 2 is 2.14 bits per heavy atom. The summed E-state index contributed by atoms with van der Waals surface area (Å²) in [6.07, 6.45) is 0. The lowest BCUT2D eigenvalue weighted by molar-refractivity contribution is 0.0990. The molecule has 0 radical (unpaired) electrons. The van der Waals surface area contributed by atoms with Crippen LogP contribution in [0.25, 0.3) is 0 Å². The van der Waals surface area contributed by atoms with Gasteiger partial charge < -0.3 is 15.2 Å². The molecule has 1 aliphatic heterocycles. The Kier molecular flexibility index (Phi) is 2.37. The zero-order chi connectivity index (χ0) is 9.97. The lowest BCUT2D eigenvalue weighted by atomic mass is 10.1. The second-order valence-electron chi connectivity index (χ2n) is 2.96. The van der Waals surface area contributed by atoms with Gasteiger partial charge in [-0.25, -0.2) is 0 Å². The number of para-hydroxylation sites is 1. The Hall–Kier alpha value is -1.55. The largest absolute Gasteiger partial charge is 0.486 e. The topological polar surface area (TPSA) is 61.6 Å². The van der Waals surface area contributed by atoms with Crippen LogP contribution in [0.4, 0.5) is 0 Å². The molecule has 1 heterocycles. The molecule has 0 fully saturated rings. The molecule has 0 bridgehead atoms. The summed E-state index contributed by atoms with van der Waals surface area (Å²) in [7, 11) is 0. The second-order valence-corrected chi connectivity index (χ2v) is 2.96. The number of ether oxygens (including phenoxy) is 2. The Labute approximate surface area is 81.6 Å². The third-order valence-corrected chi connectivity index (χ3v) is 2.05. The van der Waals surface area contributed by atoms with E-state index in [4.69, 9.17) is 15.2 Å². The van der Waals surface area contributed by atoms with Crippen LogP contribution in [0.2, 0.25) is 0 Å². The van der Waals surface area contributed by atoms with Gasteiger partial charge in [-0.3, -0.25) is 4.79 Å². The molecule has 2 rings (SSSR count). The maximum Gasteiger partial charge on any atom is 0.180 e. The van der Waals surface area contributed by atoms with Crippen LogP contribution in [0, 0.1) is 0 Å². The first-order valence-electron chi connectivity index (χ1n) is 4.45. The fraction of sp³-hybridized carbons (Fsp3) is 0.300. The van der Waals surface area contributed by atoms with E-state index in [-0.39, 0.29) is 12.3 Å². The molecule has 1 aromatic carbocycles. The second kappa shape index (κ2) is 3.67. The summed E-state index contributed by atoms with van der Waals surface area (Å²) in [6.45, 7) is 0.981. The molecule has 0 unspecified atom stereocenters. The SMILES string of the molecule is NCC(=O)c1cccc2c1OCCO2. The van der Waals surface area contributed by atoms with E-state index in [0.717, 1.165) is 0 Å². The minimum atomic E-state index is -0.132. The van der Waals surface area contributed by atoms with Crippen LogP contribution < -0.4 is 15.2 Å². The summed E-state index contributed by atoms with van der Waals surface area (Å²) in [6, 6.07) is 5.24. The molecule has 74 valence electrons. The highest BCUT2D eigenvalue weighted by molar-refractivity contribution is 6.00. The maximum atomic E-state index is 11.4. The number of rotatable bonds is 2. The third kappa shape index (κ3) is 1.44. The van der Waals surface area contributed by atoms with Crippen molar-refractivity contribution in [3.63, 3.8) is 0 Å². The Balaban J connectivity index is 2.45. The molecule has 1 aliphatic rings. The summed E-state index contributed by atoms with van der Waals surface area (Å²) in [5.74, 6) is 1.01. The number of nitrogens with two attached hydrogens (primary N) is 1. The molecular weight excluding hydrogens is 182 g/mol. The number of hydrogen-bond donors (Lipinski definition) is 1. The van der Waals surface area contributed by atoms with E-state index >= 15 is 0 Å². The van der Waals surface area contributed by atoms with Crippen LogP contribution in [-0.2, 0) is 0 Å². The zero-order valence-corrected chi connectivity index (χ0v) is 7.66. The van der Waals surface area contributed by atoms with Gasteiger partial charge in [0.25, 0.3) is 0 Å². The molecule has 14 heavy (non-hydrogen) atoms. The molecule has 0 saturated carbocycles. The van der Waals surface area contributed by atoms with E-state index in [0.29, 0.717) is 30.3 Å². The molecule has 0 aliphatic carbocycles. The number of carbonyl (C=O) groups is 1. The van der Waals surface area contributed by atoms with Crippen molar-refractivity contribution in [3.05, 3.63) is 23.8 Å². The minimum absolute atomic E-state index is 0.0141. The van der Waals surface area contributed by atoms with E-state index in [1.807, 2.05) is 0 Å². The number of carbonyl (C=O) groups excluding carboxylic acids is 1. The van der Waals surface area contributed by atoms with Crippen LogP contribution >= 0.6 is 0 Å². The summed E-state index contributed by atoms with van der Waals surface area (Å²) in [4.78, 5) is 11.4. The first-order valence-corrected chi connectivity index (χ1v) is 4.45. The molecule has 0 amide bonds. The van der Waals surface area contributed by atoms with Gasteiger partial charge in [0.15, 0.2) is 17.3 Å². The van der Waals surface area contributed by atoms with Gasteiger partial charge in [-0.1, -0.05) is 6.07 Å². The van der Waals surface area contributed by atoms with Gasteiger partial charge in [0.2, 0.25) is 0 Å². The van der Waals surface area contributed by atoms with Gasteiger partial charge in [-0.2, -0.15) is 0 Å². The lowest BCUT2D eigenvalue weighted by Crippen LogP contribution is -2.20. The predicted molar refractivity (Wildman–Crippen MR) is 50.8 cm³/mol. The van der Waals surface area contributed by atoms with Crippen molar-refractivity contribution in [2.45, 2.75) is 0 Å². The maximum absolute atomic E-state index is 11.4. The fourth-order valence-electron chi connectivity index (χ4n) is 1.40. The lowest BCUT2D eigenvalue weighted by Gasteiger charge is -2.20. The van der Waals surface area contributed by atoms with E-state index in [2.05, 4.69) is 0 Å². The molecule has 2 N–H and O–H groups in total. The molecule has 0 aromatic heterocycles. The average molecular weight is 193 g/mol. The molecular formula is C10H11NO3. The van der Waals surface area contributed by atoms with E-state index in [9.17, 15) is 4.79 Å². The van der Waals surface area contributed by atoms with Crippen LogP contribution in [0.1, 0.15) is 10.4 Å². The van der Waals surface area contributed by atoms with Crippen molar-refractivity contribution in [1.29, 1.82) is 0 Å². The first kappa shape index (κ1) is 9.02. The molecule has 4 heteroatoms. The summed E-state index contributed by atoms with van der Waals surface area (Å²) < 4.78 is 10.7. The highest BCUT2D eigenvalue weighted by Crippen LogP contribution is 2.33. The quantitative estimate of drug-likeness (QED) is 0.698. The zero-order valence-electron chi connectivity index (χ0n) is 7.66. The van der Waals surface area contributed by atoms with Crippen LogP contribution in [0.3, 0.4) is 0 Å². The van der Waals surface area contributed by atoms with Gasteiger partial charge in [0.05, 0.1) is 12.1 Å². The van der Waals surface area contributed by atoms with Crippen molar-refractivity contribution >= 4 is 5.78 Å². The summed E-state index contributed by atoms with van der Waals surface area (Å²) >= 11 is 0. The van der Waals surface area contributed by atoms with Crippen LogP contribution in [0.5, 0.6) is 11.5 Å². The Bertz CT molecular complexity index is 362. The van der Waals surface area contributed by atoms with Crippen LogP contribution in [-0.4, -0.2) is 25.5 Å². The molecule has 0 atom stereocenters. The monoisotopic (exact) mass is 193 g/mol. The number of fused-ring (bicyclic) bond motifs is 1. The van der Waals surface area contributed by atoms with E-state index < -0.39 is 0 Å². The van der Waals surface area contributed by atoms with Crippen LogP contribution in [0.15, 0.2) is 18.2 Å². The summed E-state index contributed by atoms with van der Waals surface area (Å²) in [5.41, 5.74) is 5.80. The van der Waals surface area contributed by atoms with E-state index in [1.54, 1.807) is 18.2 Å². The molecule has 0 spiro atoms. The van der Waals surface area contributed by atoms with Crippen molar-refractivity contribution in [3.8, 4) is 11.5 Å². The summed E-state index contributed by atoms with van der Waals surface area (Å²) in [5, 5.41) is 0. The molecule has 1 aromatic rings. The highest BCUT2D eigenvalue weighted by Gasteiger charge is 2.18. The van der Waals surface area contributed by atoms with Crippen molar-refractivity contribution in [2.24, 2.45) is 5.73 Å². The van der Waals surface area contributed by atoms with Crippen molar-refractivity contribution in [2.75, 3.05) is 19.8 Å². The van der Waals surface area contributed by atoms with Gasteiger partial charge in [-0.15, -0.1) is 0 Å². The number of hydrogen-bond acceptors (Lipinski definition) is 4. The van der Waals surface area contributed by atoms with Gasteiger partial charge >= 0.3 is 0 Å². The predicted octanol–water partition coefficient (Wildman–Crippen LogP) is 0.599. The Morgan fingerprint density at radius 1 is 1.36 bits per heavy atom. The van der Waals surface area contributed by atoms with E-state index in [1.165, 1.54) is 0 Å². The minimum Gasteiger partial charge on any atom is -0.486 e. The van der Waals surface area contributed by atoms with Gasteiger partial charge in [-0.05, 0) is 12.1 Å². The number of benzene rings is 1. The standard InChI is InChI=1S/C10H11NO3/c11-6-8(12)7-2-1-3-9-10(7)14-5-4-13-9/h1-3H,4-6,11H2. The smallest absolute Gasteiger partial charge is 0.180 e. The molecule has 0 saturated heterocycles. The van der Waals surface area contributed by atoms with Crippen molar-refractivity contribution in [1.82, 2.24) is 0 Å². The first-order chi connectivity index (χ1) is 6.83.